The first kappa shape index (κ1) is 11.0. The lowest BCUT2D eigenvalue weighted by Gasteiger charge is -2.07. The van der Waals surface area contributed by atoms with Crippen molar-refractivity contribution in [2.24, 2.45) is 5.84 Å². The average Bonchev–Trinajstić information content (AvgIpc) is 2.27. The second kappa shape index (κ2) is 4.43. The van der Waals surface area contributed by atoms with E-state index in [2.05, 4.69) is 13.2 Å². The molecule has 1 aromatic rings. The van der Waals surface area contributed by atoms with Gasteiger partial charge in [-0.3, -0.25) is 10.2 Å². The Hall–Kier alpha value is -2.07. The fraction of sp³-hybridized carbons (Fsp3) is 0. The molecule has 1 amide bonds. The summed E-state index contributed by atoms with van der Waals surface area (Å²) in [5, 5.41) is 9.55. The standard InChI is InChI=1S/C11H12N2O2/c1-3-7-5-9(11(15)13-12)10(14)6-8(7)4-2/h3-6,14H,1-2,12H2,(H,13,15). The van der Waals surface area contributed by atoms with Gasteiger partial charge in [0.2, 0.25) is 0 Å². The zero-order chi connectivity index (χ0) is 11.4. The van der Waals surface area contributed by atoms with Crippen LogP contribution in [0.15, 0.2) is 25.3 Å². The highest BCUT2D eigenvalue weighted by Gasteiger charge is 2.11. The molecule has 0 unspecified atom stereocenters. The van der Waals surface area contributed by atoms with E-state index in [9.17, 15) is 9.90 Å². The Balaban J connectivity index is 3.37. The lowest BCUT2D eigenvalue weighted by atomic mass is 10.0. The van der Waals surface area contributed by atoms with Gasteiger partial charge in [-0.1, -0.05) is 25.3 Å². The molecule has 0 saturated carbocycles. The molecule has 0 aliphatic rings. The second-order valence-electron chi connectivity index (χ2n) is 2.88. The van der Waals surface area contributed by atoms with E-state index in [1.54, 1.807) is 12.2 Å². The summed E-state index contributed by atoms with van der Waals surface area (Å²) >= 11 is 0. The van der Waals surface area contributed by atoms with Crippen LogP contribution in [0, 0.1) is 0 Å². The van der Waals surface area contributed by atoms with Gasteiger partial charge >= 0.3 is 0 Å². The SMILES string of the molecule is C=Cc1cc(O)c(C(=O)NN)cc1C=C. The zero-order valence-electron chi connectivity index (χ0n) is 8.16. The van der Waals surface area contributed by atoms with Gasteiger partial charge in [0, 0.05) is 0 Å². The molecule has 0 radical (unpaired) electrons. The molecule has 0 spiro atoms. The van der Waals surface area contributed by atoms with Gasteiger partial charge in [-0.05, 0) is 23.3 Å². The van der Waals surface area contributed by atoms with E-state index in [-0.39, 0.29) is 11.3 Å². The van der Waals surface area contributed by atoms with Gasteiger partial charge in [0.1, 0.15) is 5.75 Å². The number of hydrazine groups is 1. The summed E-state index contributed by atoms with van der Waals surface area (Å²) in [6, 6.07) is 2.94. The van der Waals surface area contributed by atoms with Crippen molar-refractivity contribution < 1.29 is 9.90 Å². The minimum absolute atomic E-state index is 0.109. The summed E-state index contributed by atoms with van der Waals surface area (Å²) in [5.74, 6) is 4.29. The fourth-order valence-electron chi connectivity index (χ4n) is 1.23. The van der Waals surface area contributed by atoms with Crippen LogP contribution in [0.2, 0.25) is 0 Å². The Bertz CT molecular complexity index is 425. The molecule has 1 aromatic carbocycles. The van der Waals surface area contributed by atoms with Gasteiger partial charge in [0.15, 0.2) is 0 Å². The molecule has 0 aromatic heterocycles. The monoisotopic (exact) mass is 204 g/mol. The number of nitrogens with two attached hydrogens (primary N) is 1. The maximum atomic E-state index is 11.2. The number of amides is 1. The van der Waals surface area contributed by atoms with Crippen molar-refractivity contribution in [3.8, 4) is 5.75 Å². The molecule has 1 rings (SSSR count). The first-order valence-electron chi connectivity index (χ1n) is 4.26. The normalized spacial score (nSPS) is 9.40. The van der Waals surface area contributed by atoms with Crippen LogP contribution >= 0.6 is 0 Å². The van der Waals surface area contributed by atoms with Crippen LogP contribution in [-0.4, -0.2) is 11.0 Å². The number of hydrogen-bond acceptors (Lipinski definition) is 3. The summed E-state index contributed by atoms with van der Waals surface area (Å²) in [5.41, 5.74) is 3.48. The molecule has 0 heterocycles. The Labute approximate surface area is 87.7 Å². The van der Waals surface area contributed by atoms with Crippen LogP contribution in [0.25, 0.3) is 12.2 Å². The molecule has 78 valence electrons. The highest BCUT2D eigenvalue weighted by molar-refractivity contribution is 5.97. The van der Waals surface area contributed by atoms with E-state index < -0.39 is 5.91 Å². The molecule has 4 N–H and O–H groups in total. The summed E-state index contributed by atoms with van der Waals surface area (Å²) < 4.78 is 0. The van der Waals surface area contributed by atoms with Crippen LogP contribution in [0.1, 0.15) is 21.5 Å². The van der Waals surface area contributed by atoms with Crippen LogP contribution in [0.3, 0.4) is 0 Å². The Morgan fingerprint density at radius 2 is 1.87 bits per heavy atom. The Morgan fingerprint density at radius 1 is 1.33 bits per heavy atom. The molecule has 0 bridgehead atoms. The number of hydrogen-bond donors (Lipinski definition) is 3. The van der Waals surface area contributed by atoms with E-state index in [1.807, 2.05) is 5.43 Å². The van der Waals surface area contributed by atoms with Gasteiger partial charge < -0.3 is 5.11 Å². The number of nitrogen functional groups attached to an aromatic ring is 1. The number of carbonyl (C=O) groups excluding carboxylic acids is 1. The van der Waals surface area contributed by atoms with Crippen molar-refractivity contribution >= 4 is 18.1 Å². The molecular formula is C11H12N2O2. The molecule has 0 saturated heterocycles. The highest BCUT2D eigenvalue weighted by Crippen LogP contribution is 2.24. The third-order valence-electron chi connectivity index (χ3n) is 2.02. The molecule has 4 nitrogen and oxygen atoms in total. The fourth-order valence-corrected chi connectivity index (χ4v) is 1.23. The van der Waals surface area contributed by atoms with Gasteiger partial charge in [-0.25, -0.2) is 5.84 Å². The van der Waals surface area contributed by atoms with E-state index >= 15 is 0 Å². The lowest BCUT2D eigenvalue weighted by Crippen LogP contribution is -2.30. The Kier molecular flexibility index (Phi) is 3.25. The molecule has 0 aliphatic heterocycles. The summed E-state index contributed by atoms with van der Waals surface area (Å²) in [6.45, 7) is 7.19. The third-order valence-corrected chi connectivity index (χ3v) is 2.02. The smallest absolute Gasteiger partial charge is 0.268 e. The van der Waals surface area contributed by atoms with E-state index in [0.717, 1.165) is 0 Å². The predicted octanol–water partition coefficient (Wildman–Crippen LogP) is 1.28. The van der Waals surface area contributed by atoms with E-state index in [0.29, 0.717) is 11.1 Å². The summed E-state index contributed by atoms with van der Waals surface area (Å²) in [7, 11) is 0. The van der Waals surface area contributed by atoms with Crippen LogP contribution in [0.5, 0.6) is 5.75 Å². The van der Waals surface area contributed by atoms with E-state index in [4.69, 9.17) is 5.84 Å². The van der Waals surface area contributed by atoms with Crippen LogP contribution < -0.4 is 11.3 Å². The first-order chi connectivity index (χ1) is 7.13. The molecule has 0 aliphatic carbocycles. The maximum absolute atomic E-state index is 11.2. The number of aromatic hydroxyl groups is 1. The third kappa shape index (κ3) is 2.05. The first-order valence-corrected chi connectivity index (χ1v) is 4.26. The van der Waals surface area contributed by atoms with Crippen molar-refractivity contribution in [2.75, 3.05) is 0 Å². The average molecular weight is 204 g/mol. The maximum Gasteiger partial charge on any atom is 0.268 e. The quantitative estimate of drug-likeness (QED) is 0.394. The van der Waals surface area contributed by atoms with E-state index in [1.165, 1.54) is 12.1 Å². The minimum Gasteiger partial charge on any atom is -0.507 e. The largest absolute Gasteiger partial charge is 0.507 e. The molecule has 4 heteroatoms. The number of rotatable bonds is 3. The number of benzene rings is 1. The number of phenolic OH excluding ortho intramolecular Hbond substituents is 1. The minimum atomic E-state index is -0.550. The molecular weight excluding hydrogens is 192 g/mol. The van der Waals surface area contributed by atoms with Crippen LogP contribution in [-0.2, 0) is 0 Å². The molecule has 0 fully saturated rings. The highest BCUT2D eigenvalue weighted by atomic mass is 16.3. The number of carbonyl (C=O) groups is 1. The molecule has 0 atom stereocenters. The summed E-state index contributed by atoms with van der Waals surface area (Å²) in [4.78, 5) is 11.2. The number of phenols is 1. The number of nitrogens with one attached hydrogen (secondary N) is 1. The Morgan fingerprint density at radius 3 is 2.33 bits per heavy atom. The van der Waals surface area contributed by atoms with Crippen molar-refractivity contribution in [1.82, 2.24) is 5.43 Å². The molecule has 15 heavy (non-hydrogen) atoms. The zero-order valence-corrected chi connectivity index (χ0v) is 8.16. The van der Waals surface area contributed by atoms with Crippen molar-refractivity contribution in [2.45, 2.75) is 0 Å². The predicted molar refractivity (Wildman–Crippen MR) is 59.9 cm³/mol. The van der Waals surface area contributed by atoms with Gasteiger partial charge in [-0.2, -0.15) is 0 Å². The summed E-state index contributed by atoms with van der Waals surface area (Å²) in [6.07, 6.45) is 3.14. The van der Waals surface area contributed by atoms with Crippen molar-refractivity contribution in [1.29, 1.82) is 0 Å². The van der Waals surface area contributed by atoms with Crippen LogP contribution in [0.4, 0.5) is 0 Å². The van der Waals surface area contributed by atoms with Gasteiger partial charge in [-0.15, -0.1) is 0 Å². The van der Waals surface area contributed by atoms with Gasteiger partial charge in [0.25, 0.3) is 5.91 Å². The lowest BCUT2D eigenvalue weighted by molar-refractivity contribution is 0.0951. The van der Waals surface area contributed by atoms with Crippen molar-refractivity contribution in [3.63, 3.8) is 0 Å². The van der Waals surface area contributed by atoms with Gasteiger partial charge in [0.05, 0.1) is 5.56 Å². The second-order valence-corrected chi connectivity index (χ2v) is 2.88. The topological polar surface area (TPSA) is 75.3 Å². The van der Waals surface area contributed by atoms with Crippen molar-refractivity contribution in [3.05, 3.63) is 42.0 Å².